The molecule has 1 amide bonds. The van der Waals surface area contributed by atoms with Crippen LogP contribution in [0.2, 0.25) is 5.02 Å². The monoisotopic (exact) mass is 316 g/mol. The molecular formula is C16H17ClN4O. The van der Waals surface area contributed by atoms with Gasteiger partial charge in [-0.2, -0.15) is 0 Å². The molecule has 1 aliphatic heterocycles. The zero-order valence-corrected chi connectivity index (χ0v) is 13.5. The number of aliphatic imine (C=N–C) groups is 1. The molecule has 0 aromatic carbocycles. The third kappa shape index (κ3) is 2.64. The van der Waals surface area contributed by atoms with Gasteiger partial charge < -0.3 is 4.98 Å². The molecular weight excluding hydrogens is 300 g/mol. The number of amides is 1. The Labute approximate surface area is 133 Å². The number of aromatic nitrogens is 2. The molecule has 2 aromatic rings. The van der Waals surface area contributed by atoms with Gasteiger partial charge in [0.2, 0.25) is 0 Å². The van der Waals surface area contributed by atoms with Crippen molar-refractivity contribution in [3.05, 3.63) is 34.7 Å². The molecule has 0 spiro atoms. The lowest BCUT2D eigenvalue weighted by Gasteiger charge is -2.12. The molecule has 0 saturated heterocycles. The SMILES string of the molecule is CC(C)CC1=N/C(=C\c2c[nH]c3ncc(Cl)cc23)C(=O)N1C. The number of nitrogens with zero attached hydrogens (tertiary/aromatic N) is 3. The standard InChI is InChI=1S/C16H17ClN4O/c1-9(2)4-14-20-13(16(22)21(14)3)5-10-7-18-15-12(10)6-11(17)8-19-15/h5-9H,4H2,1-3H3,(H,18,19)/b13-5-. The number of fused-ring (bicyclic) bond motifs is 1. The van der Waals surface area contributed by atoms with E-state index in [9.17, 15) is 4.79 Å². The van der Waals surface area contributed by atoms with E-state index >= 15 is 0 Å². The highest BCUT2D eigenvalue weighted by Crippen LogP contribution is 2.25. The van der Waals surface area contributed by atoms with Gasteiger partial charge in [-0.1, -0.05) is 25.4 Å². The molecule has 0 atom stereocenters. The summed E-state index contributed by atoms with van der Waals surface area (Å²) in [6.07, 6.45) is 5.96. The summed E-state index contributed by atoms with van der Waals surface area (Å²) in [6, 6.07) is 1.83. The molecule has 2 aromatic heterocycles. The van der Waals surface area contributed by atoms with Crippen molar-refractivity contribution in [1.29, 1.82) is 0 Å². The average molecular weight is 317 g/mol. The first-order valence-electron chi connectivity index (χ1n) is 7.15. The molecule has 6 heteroatoms. The summed E-state index contributed by atoms with van der Waals surface area (Å²) in [5.41, 5.74) is 2.04. The van der Waals surface area contributed by atoms with Crippen LogP contribution in [0.5, 0.6) is 0 Å². The van der Waals surface area contributed by atoms with E-state index in [1.165, 1.54) is 0 Å². The molecule has 22 heavy (non-hydrogen) atoms. The van der Waals surface area contributed by atoms with Gasteiger partial charge in [-0.25, -0.2) is 9.98 Å². The van der Waals surface area contributed by atoms with Crippen molar-refractivity contribution in [3.63, 3.8) is 0 Å². The third-order valence-electron chi connectivity index (χ3n) is 3.57. The summed E-state index contributed by atoms with van der Waals surface area (Å²) in [5.74, 6) is 1.17. The van der Waals surface area contributed by atoms with Crippen molar-refractivity contribution in [2.45, 2.75) is 20.3 Å². The Morgan fingerprint density at radius 1 is 1.45 bits per heavy atom. The molecule has 0 aliphatic carbocycles. The Hall–Kier alpha value is -2.14. The smallest absolute Gasteiger partial charge is 0.277 e. The van der Waals surface area contributed by atoms with Gasteiger partial charge in [0, 0.05) is 36.8 Å². The Bertz CT molecular complexity index is 804. The topological polar surface area (TPSA) is 61.4 Å². The highest BCUT2D eigenvalue weighted by molar-refractivity contribution is 6.31. The maximum absolute atomic E-state index is 12.3. The van der Waals surface area contributed by atoms with Crippen LogP contribution in [0.25, 0.3) is 17.1 Å². The molecule has 1 aliphatic rings. The van der Waals surface area contributed by atoms with Crippen LogP contribution < -0.4 is 0 Å². The van der Waals surface area contributed by atoms with Crippen molar-refractivity contribution >= 4 is 40.5 Å². The fourth-order valence-corrected chi connectivity index (χ4v) is 2.62. The lowest BCUT2D eigenvalue weighted by molar-refractivity contribution is -0.121. The number of pyridine rings is 1. The summed E-state index contributed by atoms with van der Waals surface area (Å²) < 4.78 is 0. The fourth-order valence-electron chi connectivity index (χ4n) is 2.46. The lowest BCUT2D eigenvalue weighted by atomic mass is 10.1. The summed E-state index contributed by atoms with van der Waals surface area (Å²) >= 11 is 6.00. The molecule has 0 unspecified atom stereocenters. The van der Waals surface area contributed by atoms with Gasteiger partial charge in [0.1, 0.15) is 17.2 Å². The first-order valence-corrected chi connectivity index (χ1v) is 7.53. The summed E-state index contributed by atoms with van der Waals surface area (Å²) in [6.45, 7) is 4.21. The number of aromatic amines is 1. The normalized spacial score (nSPS) is 17.1. The van der Waals surface area contributed by atoms with Crippen LogP contribution in [0.15, 0.2) is 29.1 Å². The number of nitrogens with one attached hydrogen (secondary N) is 1. The minimum atomic E-state index is -0.0833. The molecule has 0 radical (unpaired) electrons. The summed E-state index contributed by atoms with van der Waals surface area (Å²) in [4.78, 5) is 25.7. The van der Waals surface area contributed by atoms with Crippen LogP contribution in [0.4, 0.5) is 0 Å². The van der Waals surface area contributed by atoms with Gasteiger partial charge in [-0.05, 0) is 18.1 Å². The predicted octanol–water partition coefficient (Wildman–Crippen LogP) is 3.47. The van der Waals surface area contributed by atoms with E-state index in [2.05, 4.69) is 28.8 Å². The van der Waals surface area contributed by atoms with Gasteiger partial charge in [0.05, 0.1) is 5.02 Å². The molecule has 3 rings (SSSR count). The van der Waals surface area contributed by atoms with Crippen molar-refractivity contribution in [1.82, 2.24) is 14.9 Å². The van der Waals surface area contributed by atoms with Crippen molar-refractivity contribution < 1.29 is 4.79 Å². The molecule has 5 nitrogen and oxygen atoms in total. The van der Waals surface area contributed by atoms with Crippen molar-refractivity contribution in [3.8, 4) is 0 Å². The van der Waals surface area contributed by atoms with Crippen LogP contribution in [-0.4, -0.2) is 33.7 Å². The van der Waals surface area contributed by atoms with Crippen LogP contribution >= 0.6 is 11.6 Å². The van der Waals surface area contributed by atoms with E-state index in [-0.39, 0.29) is 5.91 Å². The predicted molar refractivity (Wildman–Crippen MR) is 88.7 cm³/mol. The number of likely N-dealkylation sites (N-methyl/N-ethyl adjacent to an activating group) is 1. The van der Waals surface area contributed by atoms with Crippen LogP contribution in [0.1, 0.15) is 25.8 Å². The Morgan fingerprint density at radius 3 is 2.95 bits per heavy atom. The molecule has 114 valence electrons. The second kappa shape index (κ2) is 5.57. The highest BCUT2D eigenvalue weighted by atomic mass is 35.5. The van der Waals surface area contributed by atoms with E-state index in [1.807, 2.05) is 12.3 Å². The number of amidine groups is 1. The lowest BCUT2D eigenvalue weighted by Crippen LogP contribution is -2.28. The fraction of sp³-hybridized carbons (Fsp3) is 0.312. The van der Waals surface area contributed by atoms with Gasteiger partial charge in [-0.15, -0.1) is 0 Å². The van der Waals surface area contributed by atoms with E-state index < -0.39 is 0 Å². The van der Waals surface area contributed by atoms with E-state index in [1.54, 1.807) is 24.2 Å². The Kier molecular flexibility index (Phi) is 3.74. The van der Waals surface area contributed by atoms with Gasteiger partial charge in [0.15, 0.2) is 0 Å². The second-order valence-corrected chi connectivity index (χ2v) is 6.25. The number of carbonyl (C=O) groups is 1. The van der Waals surface area contributed by atoms with Gasteiger partial charge in [-0.3, -0.25) is 9.69 Å². The average Bonchev–Trinajstić information content (AvgIpc) is 2.96. The largest absolute Gasteiger partial charge is 0.346 e. The summed E-state index contributed by atoms with van der Waals surface area (Å²) in [7, 11) is 1.76. The van der Waals surface area contributed by atoms with Gasteiger partial charge in [0.25, 0.3) is 5.91 Å². The second-order valence-electron chi connectivity index (χ2n) is 5.81. The van der Waals surface area contributed by atoms with E-state index in [4.69, 9.17) is 11.6 Å². The first-order chi connectivity index (χ1) is 10.5. The highest BCUT2D eigenvalue weighted by Gasteiger charge is 2.27. The number of halogens is 1. The quantitative estimate of drug-likeness (QED) is 0.881. The summed E-state index contributed by atoms with van der Waals surface area (Å²) in [5, 5.41) is 1.44. The third-order valence-corrected chi connectivity index (χ3v) is 3.78. The van der Waals surface area contributed by atoms with Crippen molar-refractivity contribution in [2.75, 3.05) is 7.05 Å². The molecule has 3 heterocycles. The van der Waals surface area contributed by atoms with Crippen LogP contribution in [0.3, 0.4) is 0 Å². The van der Waals surface area contributed by atoms with E-state index in [0.717, 1.165) is 28.9 Å². The Balaban J connectivity index is 2.01. The molecule has 1 N–H and O–H groups in total. The van der Waals surface area contributed by atoms with Crippen LogP contribution in [-0.2, 0) is 4.79 Å². The first kappa shape index (κ1) is 14.8. The zero-order chi connectivity index (χ0) is 15.9. The maximum atomic E-state index is 12.3. The number of rotatable bonds is 3. The minimum absolute atomic E-state index is 0.0833. The number of carbonyl (C=O) groups excluding carboxylic acids is 1. The number of H-pyrrole nitrogens is 1. The molecule has 0 saturated carbocycles. The van der Waals surface area contributed by atoms with E-state index in [0.29, 0.717) is 16.6 Å². The molecule has 0 fully saturated rings. The van der Waals surface area contributed by atoms with Crippen LogP contribution in [0, 0.1) is 5.92 Å². The van der Waals surface area contributed by atoms with Gasteiger partial charge >= 0.3 is 0 Å². The zero-order valence-electron chi connectivity index (χ0n) is 12.7. The Morgan fingerprint density at radius 2 is 2.23 bits per heavy atom. The number of hydrogen-bond donors (Lipinski definition) is 1. The minimum Gasteiger partial charge on any atom is -0.346 e. The maximum Gasteiger partial charge on any atom is 0.277 e. The number of hydrogen-bond acceptors (Lipinski definition) is 3. The molecule has 0 bridgehead atoms. The van der Waals surface area contributed by atoms with Crippen molar-refractivity contribution in [2.24, 2.45) is 10.9 Å².